The molecule has 1 aromatic heterocycles. The molecule has 0 fully saturated rings. The molecule has 0 saturated carbocycles. The number of nitrogens with one attached hydrogen (secondary N) is 1. The zero-order chi connectivity index (χ0) is 15.3. The van der Waals surface area contributed by atoms with Gasteiger partial charge >= 0.3 is 0 Å². The Morgan fingerprint density at radius 3 is 2.25 bits per heavy atom. The number of pyridine rings is 1. The maximum absolute atomic E-state index is 4.78. The van der Waals surface area contributed by atoms with Gasteiger partial charge in [0.15, 0.2) is 0 Å². The molecule has 1 N–H and O–H groups in total. The number of rotatable bonds is 6. The highest BCUT2D eigenvalue weighted by Crippen LogP contribution is 2.19. The van der Waals surface area contributed by atoms with Crippen LogP contribution in [0.2, 0.25) is 0 Å². The molecule has 0 aliphatic heterocycles. The second-order valence-electron chi connectivity index (χ2n) is 6.60. The smallest absolute Gasteiger partial charge is 0.128 e. The Bertz CT molecular complexity index is 417. The molecule has 0 radical (unpaired) electrons. The Morgan fingerprint density at radius 1 is 1.20 bits per heavy atom. The van der Waals surface area contributed by atoms with Gasteiger partial charge < -0.3 is 10.2 Å². The van der Waals surface area contributed by atoms with Crippen molar-refractivity contribution in [2.24, 2.45) is 0 Å². The summed E-state index contributed by atoms with van der Waals surface area (Å²) in [6.07, 6.45) is 2.31. The largest absolute Gasteiger partial charge is 0.357 e. The predicted molar refractivity (Wildman–Crippen MR) is 88.3 cm³/mol. The molecular formula is C17H31N3. The summed E-state index contributed by atoms with van der Waals surface area (Å²) in [5, 5.41) is 3.52. The van der Waals surface area contributed by atoms with Crippen LogP contribution in [0.15, 0.2) is 12.1 Å². The van der Waals surface area contributed by atoms with Crippen LogP contribution in [0.5, 0.6) is 0 Å². The second kappa shape index (κ2) is 7.07. The van der Waals surface area contributed by atoms with Crippen LogP contribution < -0.4 is 10.2 Å². The first-order valence-corrected chi connectivity index (χ1v) is 7.72. The summed E-state index contributed by atoms with van der Waals surface area (Å²) in [5.74, 6) is 1.08. The van der Waals surface area contributed by atoms with Crippen molar-refractivity contribution in [1.82, 2.24) is 10.3 Å². The second-order valence-corrected chi connectivity index (χ2v) is 6.60. The van der Waals surface area contributed by atoms with Crippen LogP contribution in [0.25, 0.3) is 0 Å². The Kier molecular flexibility index (Phi) is 6.00. The lowest BCUT2D eigenvalue weighted by Gasteiger charge is -2.28. The van der Waals surface area contributed by atoms with Crippen LogP contribution >= 0.6 is 0 Å². The quantitative estimate of drug-likeness (QED) is 0.854. The number of hydrogen-bond donors (Lipinski definition) is 1. The molecule has 114 valence electrons. The summed E-state index contributed by atoms with van der Waals surface area (Å²) < 4.78 is 0. The zero-order valence-corrected chi connectivity index (χ0v) is 14.2. The van der Waals surface area contributed by atoms with Gasteiger partial charge in [0.2, 0.25) is 0 Å². The molecule has 3 nitrogen and oxygen atoms in total. The molecule has 0 saturated heterocycles. The van der Waals surface area contributed by atoms with Crippen molar-refractivity contribution in [2.45, 2.75) is 72.5 Å². The Hall–Kier alpha value is -1.09. The minimum Gasteiger partial charge on any atom is -0.357 e. The van der Waals surface area contributed by atoms with Gasteiger partial charge in [-0.2, -0.15) is 0 Å². The van der Waals surface area contributed by atoms with Crippen LogP contribution in [0.4, 0.5) is 5.82 Å². The van der Waals surface area contributed by atoms with Crippen molar-refractivity contribution in [3.63, 3.8) is 0 Å². The first kappa shape index (κ1) is 17.0. The summed E-state index contributed by atoms with van der Waals surface area (Å²) >= 11 is 0. The summed E-state index contributed by atoms with van der Waals surface area (Å²) in [5.41, 5.74) is 2.54. The maximum atomic E-state index is 4.78. The lowest BCUT2D eigenvalue weighted by molar-refractivity contribution is 0.423. The van der Waals surface area contributed by atoms with Crippen LogP contribution in [0.1, 0.15) is 58.7 Å². The van der Waals surface area contributed by atoms with E-state index in [9.17, 15) is 0 Å². The predicted octanol–water partition coefficient (Wildman–Crippen LogP) is 3.90. The van der Waals surface area contributed by atoms with E-state index < -0.39 is 0 Å². The monoisotopic (exact) mass is 277 g/mol. The van der Waals surface area contributed by atoms with E-state index in [2.05, 4.69) is 70.9 Å². The molecule has 0 bridgehead atoms. The van der Waals surface area contributed by atoms with Crippen LogP contribution in [-0.4, -0.2) is 23.6 Å². The van der Waals surface area contributed by atoms with E-state index >= 15 is 0 Å². The Balaban J connectivity index is 2.82. The molecule has 1 heterocycles. The van der Waals surface area contributed by atoms with Gasteiger partial charge in [-0.25, -0.2) is 4.98 Å². The third-order valence-electron chi connectivity index (χ3n) is 3.84. The van der Waals surface area contributed by atoms with Gasteiger partial charge in [0.05, 0.1) is 0 Å². The van der Waals surface area contributed by atoms with Gasteiger partial charge in [-0.3, -0.25) is 0 Å². The molecule has 1 aromatic rings. The summed E-state index contributed by atoms with van der Waals surface area (Å²) in [4.78, 5) is 7.08. The van der Waals surface area contributed by atoms with E-state index in [0.29, 0.717) is 6.04 Å². The van der Waals surface area contributed by atoms with Gasteiger partial charge in [-0.05, 0) is 52.2 Å². The zero-order valence-electron chi connectivity index (χ0n) is 14.2. The van der Waals surface area contributed by atoms with E-state index in [4.69, 9.17) is 4.98 Å². The summed E-state index contributed by atoms with van der Waals surface area (Å²) in [7, 11) is 2.15. The number of aromatic nitrogens is 1. The third kappa shape index (κ3) is 4.78. The van der Waals surface area contributed by atoms with E-state index in [1.54, 1.807) is 0 Å². The molecular weight excluding hydrogens is 246 g/mol. The molecule has 20 heavy (non-hydrogen) atoms. The lowest BCUT2D eigenvalue weighted by Crippen LogP contribution is -2.35. The molecule has 0 aliphatic rings. The summed E-state index contributed by atoms with van der Waals surface area (Å²) in [6.45, 7) is 14.0. The molecule has 0 atom stereocenters. The van der Waals surface area contributed by atoms with Gasteiger partial charge in [0, 0.05) is 30.9 Å². The number of aryl methyl sites for hydroxylation is 1. The van der Waals surface area contributed by atoms with Crippen LogP contribution in [0, 0.1) is 6.92 Å². The minimum absolute atomic E-state index is 0.136. The van der Waals surface area contributed by atoms with Crippen molar-refractivity contribution in [3.8, 4) is 0 Å². The minimum atomic E-state index is 0.136. The SMILES string of the molecule is CCC(CC)N(C)c1ccc(CNC(C)(C)C)c(C)n1. The normalized spacial score (nSPS) is 12.0. The first-order valence-electron chi connectivity index (χ1n) is 7.72. The highest BCUT2D eigenvalue weighted by Gasteiger charge is 2.14. The lowest BCUT2D eigenvalue weighted by atomic mass is 10.1. The molecule has 0 aliphatic carbocycles. The Morgan fingerprint density at radius 2 is 1.80 bits per heavy atom. The fraction of sp³-hybridized carbons (Fsp3) is 0.706. The highest BCUT2D eigenvalue weighted by molar-refractivity contribution is 5.42. The third-order valence-corrected chi connectivity index (χ3v) is 3.84. The van der Waals surface area contributed by atoms with Gasteiger partial charge in [0.1, 0.15) is 5.82 Å². The van der Waals surface area contributed by atoms with Gasteiger partial charge in [0.25, 0.3) is 0 Å². The molecule has 1 rings (SSSR count). The average Bonchev–Trinajstić information content (AvgIpc) is 2.37. The van der Waals surface area contributed by atoms with E-state index in [-0.39, 0.29) is 5.54 Å². The molecule has 3 heteroatoms. The number of nitrogens with zero attached hydrogens (tertiary/aromatic N) is 2. The van der Waals surface area contributed by atoms with Gasteiger partial charge in [-0.1, -0.05) is 19.9 Å². The molecule has 0 unspecified atom stereocenters. The van der Waals surface area contributed by atoms with Crippen molar-refractivity contribution >= 4 is 5.82 Å². The van der Waals surface area contributed by atoms with Crippen LogP contribution in [-0.2, 0) is 6.54 Å². The van der Waals surface area contributed by atoms with E-state index in [1.807, 2.05) is 0 Å². The van der Waals surface area contributed by atoms with Crippen molar-refractivity contribution in [1.29, 1.82) is 0 Å². The van der Waals surface area contributed by atoms with E-state index in [0.717, 1.165) is 30.9 Å². The van der Waals surface area contributed by atoms with Crippen molar-refractivity contribution < 1.29 is 0 Å². The fourth-order valence-corrected chi connectivity index (χ4v) is 2.34. The topological polar surface area (TPSA) is 28.2 Å². The van der Waals surface area contributed by atoms with Crippen LogP contribution in [0.3, 0.4) is 0 Å². The van der Waals surface area contributed by atoms with Crippen molar-refractivity contribution in [3.05, 3.63) is 23.4 Å². The first-order chi connectivity index (χ1) is 9.28. The summed E-state index contributed by atoms with van der Waals surface area (Å²) in [6, 6.07) is 4.92. The molecule has 0 aromatic carbocycles. The standard InChI is InChI=1S/C17H31N3/c1-8-15(9-2)20(7)16-11-10-14(13(3)19-16)12-18-17(4,5)6/h10-11,15,18H,8-9,12H2,1-7H3. The molecule has 0 amide bonds. The maximum Gasteiger partial charge on any atom is 0.128 e. The number of hydrogen-bond acceptors (Lipinski definition) is 3. The van der Waals surface area contributed by atoms with E-state index in [1.165, 1.54) is 5.56 Å². The fourth-order valence-electron chi connectivity index (χ4n) is 2.34. The number of anilines is 1. The Labute approximate surface area is 124 Å². The van der Waals surface area contributed by atoms with Crippen molar-refractivity contribution in [2.75, 3.05) is 11.9 Å². The highest BCUT2D eigenvalue weighted by atomic mass is 15.2. The average molecular weight is 277 g/mol. The van der Waals surface area contributed by atoms with Gasteiger partial charge in [-0.15, -0.1) is 0 Å². The molecule has 0 spiro atoms.